The van der Waals surface area contributed by atoms with Gasteiger partial charge in [0.25, 0.3) is 0 Å². The van der Waals surface area contributed by atoms with Crippen molar-refractivity contribution in [2.24, 2.45) is 0 Å². The molecule has 4 nitrogen and oxygen atoms in total. The molecule has 0 radical (unpaired) electrons. The molecule has 0 amide bonds. The first kappa shape index (κ1) is 17.5. The van der Waals surface area contributed by atoms with Crippen LogP contribution in [0, 0.1) is 5.82 Å². The number of morpholine rings is 1. The highest BCUT2D eigenvalue weighted by Gasteiger charge is 2.40. The quantitative estimate of drug-likeness (QED) is 0.860. The van der Waals surface area contributed by atoms with Crippen molar-refractivity contribution in [3.05, 3.63) is 65.5 Å². The Bertz CT molecular complexity index is 740. The molecule has 2 fully saturated rings. The molecule has 26 heavy (non-hydrogen) atoms. The molecule has 1 heterocycles. The van der Waals surface area contributed by atoms with E-state index in [0.29, 0.717) is 18.3 Å². The molecule has 4 atom stereocenters. The molecular weight excluding hydrogens is 331 g/mol. The second kappa shape index (κ2) is 7.74. The SMILES string of the molecule is COc1ccc(F)cc1CNC1OC2CCCC2NC1c1ccccc1. The van der Waals surface area contributed by atoms with E-state index in [2.05, 4.69) is 22.8 Å². The fraction of sp³-hybridized carbons (Fsp3) is 0.429. The molecule has 2 aromatic carbocycles. The third-order valence-electron chi connectivity index (χ3n) is 5.37. The van der Waals surface area contributed by atoms with E-state index in [1.807, 2.05) is 18.2 Å². The largest absolute Gasteiger partial charge is 0.496 e. The van der Waals surface area contributed by atoms with Gasteiger partial charge in [0.05, 0.1) is 19.3 Å². The maximum Gasteiger partial charge on any atom is 0.128 e. The van der Waals surface area contributed by atoms with Crippen LogP contribution in [0.1, 0.15) is 36.4 Å². The van der Waals surface area contributed by atoms with Crippen LogP contribution in [0.4, 0.5) is 4.39 Å². The van der Waals surface area contributed by atoms with Crippen molar-refractivity contribution in [1.29, 1.82) is 0 Å². The van der Waals surface area contributed by atoms with E-state index in [-0.39, 0.29) is 24.2 Å². The van der Waals surface area contributed by atoms with Crippen molar-refractivity contribution in [3.8, 4) is 5.75 Å². The Balaban J connectivity index is 1.53. The zero-order valence-corrected chi connectivity index (χ0v) is 15.0. The van der Waals surface area contributed by atoms with E-state index in [9.17, 15) is 4.39 Å². The standard InChI is InChI=1S/C21H25FN2O2/c1-25-18-11-10-16(22)12-15(18)13-23-21-20(14-6-3-2-4-7-14)24-17-8-5-9-19(17)26-21/h2-4,6-7,10-12,17,19-21,23-24H,5,8-9,13H2,1H3. The van der Waals surface area contributed by atoms with Crippen molar-refractivity contribution < 1.29 is 13.9 Å². The van der Waals surface area contributed by atoms with Crippen LogP contribution in [0.3, 0.4) is 0 Å². The second-order valence-corrected chi connectivity index (χ2v) is 7.02. The highest BCUT2D eigenvalue weighted by atomic mass is 19.1. The summed E-state index contributed by atoms with van der Waals surface area (Å²) in [5, 5.41) is 7.23. The van der Waals surface area contributed by atoms with Crippen molar-refractivity contribution >= 4 is 0 Å². The summed E-state index contributed by atoms with van der Waals surface area (Å²) in [5.41, 5.74) is 1.98. The van der Waals surface area contributed by atoms with Gasteiger partial charge < -0.3 is 14.8 Å². The lowest BCUT2D eigenvalue weighted by Gasteiger charge is -2.41. The van der Waals surface area contributed by atoms with Crippen LogP contribution in [0.2, 0.25) is 0 Å². The molecule has 0 bridgehead atoms. The number of nitrogens with one attached hydrogen (secondary N) is 2. The van der Waals surface area contributed by atoms with Crippen LogP contribution in [0.5, 0.6) is 5.75 Å². The van der Waals surface area contributed by atoms with E-state index in [1.165, 1.54) is 24.1 Å². The maximum absolute atomic E-state index is 13.6. The van der Waals surface area contributed by atoms with E-state index in [0.717, 1.165) is 18.4 Å². The molecule has 0 spiro atoms. The highest BCUT2D eigenvalue weighted by Crippen LogP contribution is 2.33. The van der Waals surface area contributed by atoms with Gasteiger partial charge in [-0.25, -0.2) is 4.39 Å². The molecule has 2 aromatic rings. The van der Waals surface area contributed by atoms with Crippen LogP contribution in [0.15, 0.2) is 48.5 Å². The number of halogens is 1. The van der Waals surface area contributed by atoms with Gasteiger partial charge in [-0.2, -0.15) is 0 Å². The Labute approximate surface area is 153 Å². The fourth-order valence-electron chi connectivity index (χ4n) is 4.06. The molecule has 4 unspecified atom stereocenters. The summed E-state index contributed by atoms with van der Waals surface area (Å²) in [5.74, 6) is 0.415. The van der Waals surface area contributed by atoms with Gasteiger partial charge in [-0.1, -0.05) is 30.3 Å². The first-order chi connectivity index (χ1) is 12.7. The average molecular weight is 356 g/mol. The number of ether oxygens (including phenoxy) is 2. The second-order valence-electron chi connectivity index (χ2n) is 7.02. The maximum atomic E-state index is 13.6. The molecule has 2 N–H and O–H groups in total. The number of benzene rings is 2. The van der Waals surface area contributed by atoms with Gasteiger partial charge >= 0.3 is 0 Å². The van der Waals surface area contributed by atoms with Gasteiger partial charge in [0, 0.05) is 18.2 Å². The van der Waals surface area contributed by atoms with Gasteiger partial charge in [-0.3, -0.25) is 5.32 Å². The lowest BCUT2D eigenvalue weighted by Crippen LogP contribution is -2.56. The normalized spacial score (nSPS) is 27.9. The van der Waals surface area contributed by atoms with Crippen molar-refractivity contribution in [2.75, 3.05) is 7.11 Å². The van der Waals surface area contributed by atoms with Gasteiger partial charge in [-0.05, 0) is 43.0 Å². The smallest absolute Gasteiger partial charge is 0.128 e. The molecule has 1 aliphatic heterocycles. The summed E-state index contributed by atoms with van der Waals surface area (Å²) >= 11 is 0. The predicted molar refractivity (Wildman–Crippen MR) is 98.4 cm³/mol. The van der Waals surface area contributed by atoms with Crippen LogP contribution in [-0.4, -0.2) is 25.5 Å². The summed E-state index contributed by atoms with van der Waals surface area (Å²) < 4.78 is 25.4. The molecule has 138 valence electrons. The minimum atomic E-state index is -0.263. The van der Waals surface area contributed by atoms with Crippen molar-refractivity contribution in [2.45, 2.75) is 50.2 Å². The summed E-state index contributed by atoms with van der Waals surface area (Å²) in [6.45, 7) is 0.480. The van der Waals surface area contributed by atoms with E-state index in [1.54, 1.807) is 13.2 Å². The topological polar surface area (TPSA) is 42.5 Å². The van der Waals surface area contributed by atoms with Gasteiger partial charge in [-0.15, -0.1) is 0 Å². The molecule has 1 saturated carbocycles. The molecule has 2 aliphatic rings. The number of fused-ring (bicyclic) bond motifs is 1. The summed E-state index contributed by atoms with van der Waals surface area (Å²) in [6.07, 6.45) is 3.49. The average Bonchev–Trinajstić information content (AvgIpc) is 3.14. The van der Waals surface area contributed by atoms with Gasteiger partial charge in [0.15, 0.2) is 0 Å². The third-order valence-corrected chi connectivity index (χ3v) is 5.37. The number of hydrogen-bond acceptors (Lipinski definition) is 4. The Morgan fingerprint density at radius 1 is 1.19 bits per heavy atom. The lowest BCUT2D eigenvalue weighted by molar-refractivity contribution is -0.0944. The molecule has 4 rings (SSSR count). The Kier molecular flexibility index (Phi) is 5.20. The summed E-state index contributed by atoms with van der Waals surface area (Å²) in [4.78, 5) is 0. The van der Waals surface area contributed by atoms with Crippen molar-refractivity contribution in [1.82, 2.24) is 10.6 Å². The van der Waals surface area contributed by atoms with Crippen LogP contribution in [0.25, 0.3) is 0 Å². The Morgan fingerprint density at radius 3 is 2.85 bits per heavy atom. The minimum absolute atomic E-state index is 0.0649. The van der Waals surface area contributed by atoms with Crippen LogP contribution < -0.4 is 15.4 Å². The zero-order chi connectivity index (χ0) is 17.9. The molecule has 0 aromatic heterocycles. The predicted octanol–water partition coefficient (Wildman–Crippen LogP) is 3.53. The van der Waals surface area contributed by atoms with Crippen LogP contribution >= 0.6 is 0 Å². The number of methoxy groups -OCH3 is 1. The molecule has 1 saturated heterocycles. The number of rotatable bonds is 5. The zero-order valence-electron chi connectivity index (χ0n) is 15.0. The van der Waals surface area contributed by atoms with E-state index >= 15 is 0 Å². The van der Waals surface area contributed by atoms with E-state index in [4.69, 9.17) is 9.47 Å². The lowest BCUT2D eigenvalue weighted by atomic mass is 10.00. The third kappa shape index (κ3) is 3.61. The number of hydrogen-bond donors (Lipinski definition) is 2. The van der Waals surface area contributed by atoms with Gasteiger partial charge in [0.1, 0.15) is 17.8 Å². The minimum Gasteiger partial charge on any atom is -0.496 e. The highest BCUT2D eigenvalue weighted by molar-refractivity contribution is 5.34. The summed E-state index contributed by atoms with van der Waals surface area (Å²) in [6, 6.07) is 15.4. The fourth-order valence-corrected chi connectivity index (χ4v) is 4.06. The Morgan fingerprint density at radius 2 is 2.04 bits per heavy atom. The van der Waals surface area contributed by atoms with Gasteiger partial charge in [0.2, 0.25) is 0 Å². The van der Waals surface area contributed by atoms with E-state index < -0.39 is 0 Å². The molecule has 1 aliphatic carbocycles. The first-order valence-corrected chi connectivity index (χ1v) is 9.27. The van der Waals surface area contributed by atoms with Crippen molar-refractivity contribution in [3.63, 3.8) is 0 Å². The monoisotopic (exact) mass is 356 g/mol. The molecule has 5 heteroatoms. The molecular formula is C21H25FN2O2. The van der Waals surface area contributed by atoms with Crippen LogP contribution in [-0.2, 0) is 11.3 Å². The Hall–Kier alpha value is -1.95. The first-order valence-electron chi connectivity index (χ1n) is 9.27. The summed E-state index contributed by atoms with van der Waals surface area (Å²) in [7, 11) is 1.60.